The lowest BCUT2D eigenvalue weighted by Gasteiger charge is -2.24. The summed E-state index contributed by atoms with van der Waals surface area (Å²) in [7, 11) is 1.73. The molecule has 0 aliphatic carbocycles. The van der Waals surface area contributed by atoms with Crippen molar-refractivity contribution in [1.82, 2.24) is 15.1 Å². The van der Waals surface area contributed by atoms with Gasteiger partial charge < -0.3 is 15.4 Å². The minimum absolute atomic E-state index is 0.0422. The molecule has 4 rings (SSSR count). The molecule has 7 nitrogen and oxygen atoms in total. The number of carbonyl (C=O) groups is 1. The average molecular weight is 387 g/mol. The standard InChI is InChI=1S/C22H21N5O2/c1-27-20(12-19(26-27)16-4-2-15(13-23)3-5-16)22(28)25-18-8-6-17(7-9-18)21-14-24-10-11-29-21/h2-9,12,21,24H,10-11,14H2,1H3,(H,25,28). The zero-order valence-electron chi connectivity index (χ0n) is 16.1. The van der Waals surface area contributed by atoms with Crippen molar-refractivity contribution in [2.24, 2.45) is 7.05 Å². The first kappa shape index (κ1) is 18.9. The second kappa shape index (κ2) is 8.27. The molecule has 0 saturated carbocycles. The minimum atomic E-state index is -0.233. The van der Waals surface area contributed by atoms with E-state index in [0.717, 1.165) is 24.2 Å². The third kappa shape index (κ3) is 4.19. The van der Waals surface area contributed by atoms with Gasteiger partial charge in [0.1, 0.15) is 5.69 Å². The molecule has 2 aromatic carbocycles. The fourth-order valence-corrected chi connectivity index (χ4v) is 3.29. The molecule has 1 amide bonds. The lowest BCUT2D eigenvalue weighted by atomic mass is 10.1. The summed E-state index contributed by atoms with van der Waals surface area (Å²) in [6.45, 7) is 2.36. The molecule has 1 aromatic heterocycles. The van der Waals surface area contributed by atoms with Gasteiger partial charge in [0.05, 0.1) is 30.0 Å². The van der Waals surface area contributed by atoms with Gasteiger partial charge in [0.15, 0.2) is 0 Å². The summed E-state index contributed by atoms with van der Waals surface area (Å²) in [6.07, 6.45) is 0.0422. The maximum atomic E-state index is 12.7. The highest BCUT2D eigenvalue weighted by Gasteiger charge is 2.17. The summed E-state index contributed by atoms with van der Waals surface area (Å²) in [5.74, 6) is -0.233. The highest BCUT2D eigenvalue weighted by molar-refractivity contribution is 6.03. The number of aryl methyl sites for hydroxylation is 1. The molecule has 2 heterocycles. The molecular formula is C22H21N5O2. The van der Waals surface area contributed by atoms with Gasteiger partial charge in [-0.25, -0.2) is 0 Å². The average Bonchev–Trinajstić information content (AvgIpc) is 3.17. The van der Waals surface area contributed by atoms with Crippen molar-refractivity contribution in [3.63, 3.8) is 0 Å². The first-order chi connectivity index (χ1) is 14.1. The van der Waals surface area contributed by atoms with Gasteiger partial charge in [-0.2, -0.15) is 10.4 Å². The number of benzene rings is 2. The minimum Gasteiger partial charge on any atom is -0.371 e. The van der Waals surface area contributed by atoms with Crippen LogP contribution in [0.4, 0.5) is 5.69 Å². The van der Waals surface area contributed by atoms with E-state index >= 15 is 0 Å². The number of aromatic nitrogens is 2. The van der Waals surface area contributed by atoms with Crippen molar-refractivity contribution in [2.75, 3.05) is 25.0 Å². The van der Waals surface area contributed by atoms with E-state index in [1.807, 2.05) is 36.4 Å². The van der Waals surface area contributed by atoms with Crippen molar-refractivity contribution in [3.05, 3.63) is 71.4 Å². The first-order valence-electron chi connectivity index (χ1n) is 9.42. The number of amides is 1. The molecule has 7 heteroatoms. The second-order valence-corrected chi connectivity index (χ2v) is 6.87. The van der Waals surface area contributed by atoms with Crippen LogP contribution >= 0.6 is 0 Å². The number of nitriles is 1. The number of morpholine rings is 1. The summed E-state index contributed by atoms with van der Waals surface area (Å²) in [5.41, 5.74) is 4.36. The Morgan fingerprint density at radius 3 is 2.66 bits per heavy atom. The van der Waals surface area contributed by atoms with Crippen LogP contribution in [0.15, 0.2) is 54.6 Å². The normalized spacial score (nSPS) is 16.2. The number of carbonyl (C=O) groups excluding carboxylic acids is 1. The predicted octanol–water partition coefficient (Wildman–Crippen LogP) is 2.87. The lowest BCUT2D eigenvalue weighted by Crippen LogP contribution is -2.33. The Labute approximate surface area is 168 Å². The molecule has 3 aromatic rings. The van der Waals surface area contributed by atoms with Gasteiger partial charge in [-0.15, -0.1) is 0 Å². The smallest absolute Gasteiger partial charge is 0.273 e. The molecule has 146 valence electrons. The van der Waals surface area contributed by atoms with E-state index in [4.69, 9.17) is 10.00 Å². The van der Waals surface area contributed by atoms with Crippen LogP contribution in [0.2, 0.25) is 0 Å². The van der Waals surface area contributed by atoms with Crippen LogP contribution in [-0.2, 0) is 11.8 Å². The van der Waals surface area contributed by atoms with E-state index in [1.165, 1.54) is 0 Å². The van der Waals surface area contributed by atoms with Gasteiger partial charge >= 0.3 is 0 Å². The van der Waals surface area contributed by atoms with Crippen molar-refractivity contribution < 1.29 is 9.53 Å². The van der Waals surface area contributed by atoms with E-state index in [0.29, 0.717) is 29.2 Å². The molecule has 1 saturated heterocycles. The fraction of sp³-hybridized carbons (Fsp3) is 0.227. The van der Waals surface area contributed by atoms with Crippen molar-refractivity contribution in [1.29, 1.82) is 5.26 Å². The molecule has 0 radical (unpaired) electrons. The van der Waals surface area contributed by atoms with Gasteiger partial charge in [0.25, 0.3) is 5.91 Å². The van der Waals surface area contributed by atoms with Gasteiger partial charge in [0.2, 0.25) is 0 Å². The molecule has 29 heavy (non-hydrogen) atoms. The summed E-state index contributed by atoms with van der Waals surface area (Å²) in [4.78, 5) is 12.7. The molecule has 1 atom stereocenters. The largest absolute Gasteiger partial charge is 0.371 e. The molecule has 1 unspecified atom stereocenters. The lowest BCUT2D eigenvalue weighted by molar-refractivity contribution is 0.0277. The Kier molecular flexibility index (Phi) is 5.38. The molecule has 1 aliphatic rings. The Balaban J connectivity index is 1.47. The summed E-state index contributed by atoms with van der Waals surface area (Å²) < 4.78 is 7.30. The number of rotatable bonds is 4. The Bertz CT molecular complexity index is 1040. The molecule has 1 fully saturated rings. The van der Waals surface area contributed by atoms with Crippen LogP contribution < -0.4 is 10.6 Å². The maximum Gasteiger partial charge on any atom is 0.273 e. The highest BCUT2D eigenvalue weighted by atomic mass is 16.5. The third-order valence-electron chi connectivity index (χ3n) is 4.89. The number of hydrogen-bond donors (Lipinski definition) is 2. The van der Waals surface area contributed by atoms with Crippen molar-refractivity contribution in [3.8, 4) is 17.3 Å². The Morgan fingerprint density at radius 2 is 2.00 bits per heavy atom. The van der Waals surface area contributed by atoms with Crippen LogP contribution in [-0.4, -0.2) is 35.4 Å². The van der Waals surface area contributed by atoms with Crippen LogP contribution in [0.3, 0.4) is 0 Å². The second-order valence-electron chi connectivity index (χ2n) is 6.87. The van der Waals surface area contributed by atoms with E-state index in [9.17, 15) is 4.79 Å². The highest BCUT2D eigenvalue weighted by Crippen LogP contribution is 2.22. The molecule has 1 aliphatic heterocycles. The van der Waals surface area contributed by atoms with E-state index in [-0.39, 0.29) is 12.0 Å². The van der Waals surface area contributed by atoms with Crippen molar-refractivity contribution in [2.45, 2.75) is 6.10 Å². The zero-order valence-corrected chi connectivity index (χ0v) is 16.1. The van der Waals surface area contributed by atoms with E-state index < -0.39 is 0 Å². The maximum absolute atomic E-state index is 12.7. The molecular weight excluding hydrogens is 366 g/mol. The van der Waals surface area contributed by atoms with Crippen LogP contribution in [0.1, 0.15) is 27.7 Å². The fourth-order valence-electron chi connectivity index (χ4n) is 3.29. The van der Waals surface area contributed by atoms with Gasteiger partial charge in [-0.1, -0.05) is 24.3 Å². The summed E-state index contributed by atoms with van der Waals surface area (Å²) in [6, 6.07) is 18.6. The van der Waals surface area contributed by atoms with Crippen LogP contribution in [0.25, 0.3) is 11.3 Å². The number of ether oxygens (including phenoxy) is 1. The van der Waals surface area contributed by atoms with Crippen molar-refractivity contribution >= 4 is 11.6 Å². The molecule has 2 N–H and O–H groups in total. The topological polar surface area (TPSA) is 92.0 Å². The number of nitrogens with zero attached hydrogens (tertiary/aromatic N) is 3. The quantitative estimate of drug-likeness (QED) is 0.718. The Morgan fingerprint density at radius 1 is 1.24 bits per heavy atom. The van der Waals surface area contributed by atoms with Crippen LogP contribution in [0.5, 0.6) is 0 Å². The zero-order chi connectivity index (χ0) is 20.2. The summed E-state index contributed by atoms with van der Waals surface area (Å²) >= 11 is 0. The SMILES string of the molecule is Cn1nc(-c2ccc(C#N)cc2)cc1C(=O)Nc1ccc(C2CNCCO2)cc1. The number of hydrogen-bond acceptors (Lipinski definition) is 5. The first-order valence-corrected chi connectivity index (χ1v) is 9.42. The number of nitrogens with one attached hydrogen (secondary N) is 2. The Hall–Kier alpha value is -3.47. The van der Waals surface area contributed by atoms with Gasteiger partial charge in [-0.3, -0.25) is 9.48 Å². The summed E-state index contributed by atoms with van der Waals surface area (Å²) in [5, 5.41) is 19.6. The monoisotopic (exact) mass is 387 g/mol. The number of anilines is 1. The van der Waals surface area contributed by atoms with Crippen LogP contribution in [0, 0.1) is 11.3 Å². The molecule has 0 spiro atoms. The van der Waals surface area contributed by atoms with E-state index in [1.54, 1.807) is 29.9 Å². The van der Waals surface area contributed by atoms with Gasteiger partial charge in [-0.05, 0) is 35.9 Å². The molecule has 0 bridgehead atoms. The van der Waals surface area contributed by atoms with E-state index in [2.05, 4.69) is 21.8 Å². The van der Waals surface area contributed by atoms with Gasteiger partial charge in [0, 0.05) is 31.4 Å². The predicted molar refractivity (Wildman–Crippen MR) is 109 cm³/mol. The third-order valence-corrected chi connectivity index (χ3v) is 4.89.